The van der Waals surface area contributed by atoms with Gasteiger partial charge in [0.1, 0.15) is 6.54 Å². The third kappa shape index (κ3) is 3.59. The molecule has 0 N–H and O–H groups in total. The Bertz CT molecular complexity index is 421. The maximum Gasteiger partial charge on any atom is 0.284 e. The van der Waals surface area contributed by atoms with Crippen molar-refractivity contribution in [3.05, 3.63) is 0 Å². The zero-order valence-corrected chi connectivity index (χ0v) is 13.5. The predicted molar refractivity (Wildman–Crippen MR) is 85.3 cm³/mol. The first-order valence-corrected chi connectivity index (χ1v) is 8.04. The van der Waals surface area contributed by atoms with Crippen LogP contribution in [-0.2, 0) is 4.74 Å². The number of nitrogens with zero attached hydrogens (tertiary/aromatic N) is 5. The van der Waals surface area contributed by atoms with Gasteiger partial charge in [-0.25, -0.2) is 4.58 Å². The van der Waals surface area contributed by atoms with Gasteiger partial charge in [-0.05, 0) is 25.3 Å². The number of aliphatic imine (C=N–C) groups is 2. The molecule has 2 aliphatic heterocycles. The minimum absolute atomic E-state index is 0.141. The highest BCUT2D eigenvalue weighted by Gasteiger charge is 2.42. The predicted octanol–water partition coefficient (Wildman–Crippen LogP) is 0.0489. The van der Waals surface area contributed by atoms with E-state index in [0.717, 1.165) is 24.7 Å². The SMILES string of the molecule is CSC1=NC=[N+](CCOCCN(C)C)C2C1N=CN2C. The van der Waals surface area contributed by atoms with E-state index in [4.69, 9.17) is 4.74 Å². The van der Waals surface area contributed by atoms with E-state index < -0.39 is 0 Å². The number of hydrogen-bond donors (Lipinski definition) is 0. The van der Waals surface area contributed by atoms with Crippen molar-refractivity contribution in [1.29, 1.82) is 0 Å². The molecule has 0 amide bonds. The van der Waals surface area contributed by atoms with Gasteiger partial charge in [0.2, 0.25) is 11.2 Å². The topological polar surface area (TPSA) is 43.4 Å². The molecular weight excluding hydrogens is 274 g/mol. The molecule has 2 unspecified atom stereocenters. The smallest absolute Gasteiger partial charge is 0.284 e. The molecule has 0 aliphatic carbocycles. The molecule has 0 spiro atoms. The van der Waals surface area contributed by atoms with Gasteiger partial charge in [0.05, 0.1) is 19.6 Å². The van der Waals surface area contributed by atoms with E-state index in [1.807, 2.05) is 12.7 Å². The highest BCUT2D eigenvalue weighted by atomic mass is 32.2. The summed E-state index contributed by atoms with van der Waals surface area (Å²) >= 11 is 1.68. The van der Waals surface area contributed by atoms with Crippen LogP contribution in [0.25, 0.3) is 0 Å². The number of fused-ring (bicyclic) bond motifs is 1. The van der Waals surface area contributed by atoms with Crippen LogP contribution in [0.3, 0.4) is 0 Å². The third-order valence-electron chi connectivity index (χ3n) is 3.42. The average Bonchev–Trinajstić information content (AvgIpc) is 2.81. The monoisotopic (exact) mass is 298 g/mol. The van der Waals surface area contributed by atoms with E-state index >= 15 is 0 Å². The number of thioether (sulfide) groups is 1. The number of likely N-dealkylation sites (N-methyl/N-ethyl adjacent to an activating group) is 2. The highest BCUT2D eigenvalue weighted by molar-refractivity contribution is 8.13. The van der Waals surface area contributed by atoms with Gasteiger partial charge in [-0.15, -0.1) is 0 Å². The first-order valence-electron chi connectivity index (χ1n) is 6.82. The molecule has 0 radical (unpaired) electrons. The van der Waals surface area contributed by atoms with E-state index in [0.29, 0.717) is 6.61 Å². The van der Waals surface area contributed by atoms with Crippen LogP contribution in [0, 0.1) is 0 Å². The van der Waals surface area contributed by atoms with Crippen molar-refractivity contribution in [2.24, 2.45) is 9.98 Å². The maximum atomic E-state index is 5.67. The second-order valence-corrected chi connectivity index (χ2v) is 6.06. The van der Waals surface area contributed by atoms with Gasteiger partial charge in [-0.3, -0.25) is 4.99 Å². The van der Waals surface area contributed by atoms with Crippen LogP contribution >= 0.6 is 11.8 Å². The standard InChI is InChI=1S/C13H24N5OS/c1-16(2)5-7-19-8-6-18-10-15-12(20-4)11-13(18)17(3)9-14-11/h9-11,13H,5-8H2,1-4H3/q+1. The maximum absolute atomic E-state index is 5.67. The molecule has 2 rings (SSSR count). The van der Waals surface area contributed by atoms with Crippen molar-refractivity contribution in [2.45, 2.75) is 12.2 Å². The van der Waals surface area contributed by atoms with Crippen LogP contribution < -0.4 is 0 Å². The second kappa shape index (κ2) is 7.19. The van der Waals surface area contributed by atoms with E-state index in [1.165, 1.54) is 0 Å². The van der Waals surface area contributed by atoms with Crippen LogP contribution in [0.2, 0.25) is 0 Å². The van der Waals surface area contributed by atoms with Gasteiger partial charge in [-0.1, -0.05) is 11.8 Å². The van der Waals surface area contributed by atoms with Gasteiger partial charge >= 0.3 is 0 Å². The fourth-order valence-corrected chi connectivity index (χ4v) is 2.89. The van der Waals surface area contributed by atoms with Gasteiger partial charge in [0.25, 0.3) is 6.34 Å². The Balaban J connectivity index is 1.87. The van der Waals surface area contributed by atoms with Crippen LogP contribution in [0.1, 0.15) is 0 Å². The molecular formula is C13H24N5OS+. The number of hydrogen-bond acceptors (Lipinski definition) is 6. The Hall–Kier alpha value is -0.920. The lowest BCUT2D eigenvalue weighted by Gasteiger charge is -2.26. The summed E-state index contributed by atoms with van der Waals surface area (Å²) in [5.41, 5.74) is 0. The first-order chi connectivity index (χ1) is 9.63. The zero-order valence-electron chi connectivity index (χ0n) is 12.7. The van der Waals surface area contributed by atoms with Crippen molar-refractivity contribution < 1.29 is 9.31 Å². The molecule has 0 aromatic heterocycles. The molecule has 0 aromatic rings. The molecule has 0 bridgehead atoms. The van der Waals surface area contributed by atoms with Crippen molar-refractivity contribution in [3.8, 4) is 0 Å². The lowest BCUT2D eigenvalue weighted by atomic mass is 10.2. The number of rotatable bonds is 6. The summed E-state index contributed by atoms with van der Waals surface area (Å²) < 4.78 is 7.88. The molecule has 0 aromatic carbocycles. The second-order valence-electron chi connectivity index (χ2n) is 5.23. The lowest BCUT2D eigenvalue weighted by molar-refractivity contribution is -0.582. The Morgan fingerprint density at radius 1 is 1.45 bits per heavy atom. The fourth-order valence-electron chi connectivity index (χ4n) is 2.31. The van der Waals surface area contributed by atoms with Crippen molar-refractivity contribution in [1.82, 2.24) is 9.80 Å². The summed E-state index contributed by atoms with van der Waals surface area (Å²) in [5, 5.41) is 1.08. The number of ether oxygens (including phenoxy) is 1. The summed E-state index contributed by atoms with van der Waals surface area (Å²) in [6, 6.07) is 0.141. The van der Waals surface area contributed by atoms with Crippen molar-refractivity contribution >= 4 is 29.5 Å². The molecule has 6 nitrogen and oxygen atoms in total. The van der Waals surface area contributed by atoms with Crippen LogP contribution in [-0.4, -0.2) is 98.0 Å². The molecule has 0 fully saturated rings. The van der Waals surface area contributed by atoms with Gasteiger partial charge in [-0.2, -0.15) is 0 Å². The normalized spacial score (nSPS) is 24.9. The average molecular weight is 298 g/mol. The van der Waals surface area contributed by atoms with Crippen LogP contribution in [0.4, 0.5) is 0 Å². The van der Waals surface area contributed by atoms with E-state index in [1.54, 1.807) is 11.8 Å². The zero-order chi connectivity index (χ0) is 14.5. The Kier molecular flexibility index (Phi) is 5.56. The molecule has 112 valence electrons. The van der Waals surface area contributed by atoms with Gasteiger partial charge < -0.3 is 14.5 Å². The minimum atomic E-state index is 0.141. The molecule has 2 aliphatic rings. The van der Waals surface area contributed by atoms with Crippen molar-refractivity contribution in [2.75, 3.05) is 53.7 Å². The summed E-state index contributed by atoms with van der Waals surface area (Å²) in [5.74, 6) is 0. The lowest BCUT2D eigenvalue weighted by Crippen LogP contribution is -2.49. The summed E-state index contributed by atoms with van der Waals surface area (Å²) in [6.07, 6.45) is 6.12. The van der Waals surface area contributed by atoms with Crippen LogP contribution in [0.5, 0.6) is 0 Å². The van der Waals surface area contributed by atoms with Crippen LogP contribution in [0.15, 0.2) is 9.98 Å². The minimum Gasteiger partial charge on any atom is -0.376 e. The quantitative estimate of drug-likeness (QED) is 0.513. The summed E-state index contributed by atoms with van der Waals surface area (Å²) in [6.45, 7) is 3.27. The Labute approximate surface area is 125 Å². The van der Waals surface area contributed by atoms with E-state index in [9.17, 15) is 0 Å². The fraction of sp³-hybridized carbons (Fsp3) is 0.769. The Morgan fingerprint density at radius 2 is 2.25 bits per heavy atom. The molecule has 2 heterocycles. The highest BCUT2D eigenvalue weighted by Crippen LogP contribution is 2.21. The first kappa shape index (κ1) is 15.5. The van der Waals surface area contributed by atoms with Crippen molar-refractivity contribution in [3.63, 3.8) is 0 Å². The molecule has 20 heavy (non-hydrogen) atoms. The Morgan fingerprint density at radius 3 is 2.95 bits per heavy atom. The summed E-state index contributed by atoms with van der Waals surface area (Å²) in [7, 11) is 6.16. The molecule has 2 atom stereocenters. The van der Waals surface area contributed by atoms with E-state index in [-0.39, 0.29) is 12.2 Å². The molecule has 7 heteroatoms. The third-order valence-corrected chi connectivity index (χ3v) is 4.19. The molecule has 0 saturated carbocycles. The summed E-state index contributed by atoms with van der Waals surface area (Å²) in [4.78, 5) is 13.3. The molecule has 0 saturated heterocycles. The van der Waals surface area contributed by atoms with Gasteiger partial charge in [0, 0.05) is 13.6 Å². The van der Waals surface area contributed by atoms with Gasteiger partial charge in [0.15, 0.2) is 6.04 Å². The van der Waals surface area contributed by atoms with E-state index in [2.05, 4.69) is 51.8 Å². The largest absolute Gasteiger partial charge is 0.376 e.